The summed E-state index contributed by atoms with van der Waals surface area (Å²) in [5.41, 5.74) is 2.01. The summed E-state index contributed by atoms with van der Waals surface area (Å²) in [4.78, 5) is 12.2. The predicted molar refractivity (Wildman–Crippen MR) is 104 cm³/mol. The van der Waals surface area contributed by atoms with E-state index in [9.17, 15) is 9.18 Å². The van der Waals surface area contributed by atoms with Crippen LogP contribution >= 0.6 is 0 Å². The van der Waals surface area contributed by atoms with Crippen molar-refractivity contribution in [1.29, 1.82) is 0 Å². The molecule has 4 rings (SSSR count). The van der Waals surface area contributed by atoms with Crippen molar-refractivity contribution in [3.63, 3.8) is 0 Å². The number of nitrogens with one attached hydrogen (secondary N) is 1. The number of halogens is 1. The van der Waals surface area contributed by atoms with Gasteiger partial charge < -0.3 is 14.6 Å². The summed E-state index contributed by atoms with van der Waals surface area (Å²) in [6, 6.07) is 21.2. The van der Waals surface area contributed by atoms with Crippen LogP contribution in [-0.2, 0) is 16.1 Å². The van der Waals surface area contributed by atoms with Crippen molar-refractivity contribution in [3.05, 3.63) is 84.3 Å². The number of ether oxygens (including phenoxy) is 1. The SMILES string of the molecule is O=C(COCc1cc(-c2ccc(F)cc2)on1)Nc1cccc2ccccc12. The van der Waals surface area contributed by atoms with Crippen LogP contribution in [0, 0.1) is 5.82 Å². The van der Waals surface area contributed by atoms with Crippen molar-refractivity contribution >= 4 is 22.4 Å². The average Bonchev–Trinajstić information content (AvgIpc) is 3.18. The summed E-state index contributed by atoms with van der Waals surface area (Å²) in [6.07, 6.45) is 0. The summed E-state index contributed by atoms with van der Waals surface area (Å²) >= 11 is 0. The number of hydrogen-bond donors (Lipinski definition) is 1. The summed E-state index contributed by atoms with van der Waals surface area (Å²) in [7, 11) is 0. The normalized spacial score (nSPS) is 10.9. The van der Waals surface area contributed by atoms with Crippen molar-refractivity contribution < 1.29 is 18.4 Å². The second-order valence-corrected chi connectivity index (χ2v) is 6.26. The fourth-order valence-electron chi connectivity index (χ4n) is 2.90. The van der Waals surface area contributed by atoms with Gasteiger partial charge in [-0.3, -0.25) is 4.79 Å². The highest BCUT2D eigenvalue weighted by atomic mass is 19.1. The third-order valence-electron chi connectivity index (χ3n) is 4.23. The molecule has 6 heteroatoms. The first-order valence-corrected chi connectivity index (χ1v) is 8.76. The number of nitrogens with zero attached hydrogens (tertiary/aromatic N) is 1. The number of rotatable bonds is 6. The molecule has 0 aliphatic carbocycles. The molecule has 5 nitrogen and oxygen atoms in total. The largest absolute Gasteiger partial charge is 0.365 e. The molecule has 28 heavy (non-hydrogen) atoms. The molecule has 0 saturated heterocycles. The lowest BCUT2D eigenvalue weighted by atomic mass is 10.1. The molecule has 1 aromatic heterocycles. The van der Waals surface area contributed by atoms with E-state index in [4.69, 9.17) is 9.26 Å². The van der Waals surface area contributed by atoms with E-state index >= 15 is 0 Å². The van der Waals surface area contributed by atoms with Gasteiger partial charge in [0.25, 0.3) is 0 Å². The monoisotopic (exact) mass is 376 g/mol. The summed E-state index contributed by atoms with van der Waals surface area (Å²) < 4.78 is 23.7. The first kappa shape index (κ1) is 17.9. The van der Waals surface area contributed by atoms with Gasteiger partial charge >= 0.3 is 0 Å². The molecule has 0 bridgehead atoms. The Bertz CT molecular complexity index is 1100. The number of fused-ring (bicyclic) bond motifs is 1. The van der Waals surface area contributed by atoms with E-state index in [0.717, 1.165) is 16.5 Å². The molecule has 1 amide bonds. The lowest BCUT2D eigenvalue weighted by Crippen LogP contribution is -2.18. The lowest BCUT2D eigenvalue weighted by molar-refractivity contribution is -0.121. The molecule has 3 aromatic carbocycles. The second kappa shape index (κ2) is 8.02. The standard InChI is InChI=1S/C22H17FN2O3/c23-17-10-8-16(9-11-17)21-12-18(25-28-21)13-27-14-22(26)24-20-7-3-5-15-4-1-2-6-19(15)20/h1-12H,13-14H2,(H,24,26). The molecule has 0 fully saturated rings. The van der Waals surface area contributed by atoms with Crippen LogP contribution in [0.4, 0.5) is 10.1 Å². The molecule has 0 saturated carbocycles. The second-order valence-electron chi connectivity index (χ2n) is 6.26. The Morgan fingerprint density at radius 1 is 1.04 bits per heavy atom. The van der Waals surface area contributed by atoms with Crippen LogP contribution < -0.4 is 5.32 Å². The molecule has 0 atom stereocenters. The molecule has 0 aliphatic heterocycles. The van der Waals surface area contributed by atoms with Crippen LogP contribution in [0.2, 0.25) is 0 Å². The Morgan fingerprint density at radius 3 is 2.68 bits per heavy atom. The third kappa shape index (κ3) is 4.07. The zero-order chi connectivity index (χ0) is 19.3. The number of aromatic nitrogens is 1. The quantitative estimate of drug-likeness (QED) is 0.526. The zero-order valence-electron chi connectivity index (χ0n) is 14.9. The molecule has 0 radical (unpaired) electrons. The maximum atomic E-state index is 13.0. The van der Waals surface area contributed by atoms with E-state index in [2.05, 4.69) is 10.5 Å². The number of amides is 1. The van der Waals surface area contributed by atoms with Crippen molar-refractivity contribution in [3.8, 4) is 11.3 Å². The molecule has 0 aliphatic rings. The zero-order valence-corrected chi connectivity index (χ0v) is 14.9. The molecule has 4 aromatic rings. The minimum Gasteiger partial charge on any atom is -0.365 e. The first-order chi connectivity index (χ1) is 13.7. The fraction of sp³-hybridized carbons (Fsp3) is 0.0909. The van der Waals surface area contributed by atoms with Crippen LogP contribution in [0.25, 0.3) is 22.1 Å². The van der Waals surface area contributed by atoms with E-state index in [1.807, 2.05) is 42.5 Å². The summed E-state index contributed by atoms with van der Waals surface area (Å²) in [6.45, 7) is 0.0234. The van der Waals surface area contributed by atoms with Crippen LogP contribution in [0.3, 0.4) is 0 Å². The Kier molecular flexibility index (Phi) is 5.12. The number of anilines is 1. The molecule has 1 heterocycles. The van der Waals surface area contributed by atoms with Gasteiger partial charge in [0.1, 0.15) is 18.1 Å². The van der Waals surface area contributed by atoms with Crippen molar-refractivity contribution in [2.75, 3.05) is 11.9 Å². The maximum Gasteiger partial charge on any atom is 0.250 e. The Morgan fingerprint density at radius 2 is 1.82 bits per heavy atom. The fourth-order valence-corrected chi connectivity index (χ4v) is 2.90. The maximum absolute atomic E-state index is 13.0. The van der Waals surface area contributed by atoms with E-state index < -0.39 is 0 Å². The number of hydrogen-bond acceptors (Lipinski definition) is 4. The smallest absolute Gasteiger partial charge is 0.250 e. The highest BCUT2D eigenvalue weighted by molar-refractivity contribution is 6.02. The van der Waals surface area contributed by atoms with Crippen LogP contribution in [-0.4, -0.2) is 17.7 Å². The minimum atomic E-state index is -0.316. The van der Waals surface area contributed by atoms with E-state index in [1.165, 1.54) is 12.1 Å². The molecular weight excluding hydrogens is 359 g/mol. The molecule has 1 N–H and O–H groups in total. The highest BCUT2D eigenvalue weighted by Gasteiger charge is 2.09. The lowest BCUT2D eigenvalue weighted by Gasteiger charge is -2.08. The van der Waals surface area contributed by atoms with Crippen LogP contribution in [0.1, 0.15) is 5.69 Å². The number of carbonyl (C=O) groups excluding carboxylic acids is 1. The van der Waals surface area contributed by atoms with Crippen LogP contribution in [0.5, 0.6) is 0 Å². The third-order valence-corrected chi connectivity index (χ3v) is 4.23. The van der Waals surface area contributed by atoms with Crippen LogP contribution in [0.15, 0.2) is 77.3 Å². The van der Waals surface area contributed by atoms with Gasteiger partial charge in [0.15, 0.2) is 5.76 Å². The Balaban J connectivity index is 1.33. The summed E-state index contributed by atoms with van der Waals surface area (Å²) in [5, 5.41) is 8.80. The van der Waals surface area contributed by atoms with Crippen molar-refractivity contribution in [2.45, 2.75) is 6.61 Å². The van der Waals surface area contributed by atoms with Gasteiger partial charge in [-0.05, 0) is 35.7 Å². The Hall–Kier alpha value is -3.51. The molecule has 0 unspecified atom stereocenters. The number of carbonyl (C=O) groups is 1. The predicted octanol–water partition coefficient (Wildman–Crippen LogP) is 4.79. The first-order valence-electron chi connectivity index (χ1n) is 8.76. The van der Waals surface area contributed by atoms with Gasteiger partial charge in [-0.2, -0.15) is 0 Å². The van der Waals surface area contributed by atoms with Gasteiger partial charge in [-0.1, -0.05) is 41.6 Å². The molecular formula is C22H17FN2O3. The van der Waals surface area contributed by atoms with E-state index in [-0.39, 0.29) is 24.9 Å². The van der Waals surface area contributed by atoms with Gasteiger partial charge in [-0.25, -0.2) is 4.39 Å². The van der Waals surface area contributed by atoms with Gasteiger partial charge in [-0.15, -0.1) is 0 Å². The number of benzene rings is 3. The van der Waals surface area contributed by atoms with Gasteiger partial charge in [0.05, 0.1) is 6.61 Å². The topological polar surface area (TPSA) is 64.4 Å². The van der Waals surface area contributed by atoms with E-state index in [1.54, 1.807) is 18.2 Å². The van der Waals surface area contributed by atoms with Gasteiger partial charge in [0, 0.05) is 22.7 Å². The molecule has 0 spiro atoms. The van der Waals surface area contributed by atoms with Crippen molar-refractivity contribution in [1.82, 2.24) is 5.16 Å². The Labute approximate surface area is 160 Å². The molecule has 140 valence electrons. The summed E-state index contributed by atoms with van der Waals surface area (Å²) in [5.74, 6) is -0.0542. The van der Waals surface area contributed by atoms with Crippen molar-refractivity contribution in [2.24, 2.45) is 0 Å². The highest BCUT2D eigenvalue weighted by Crippen LogP contribution is 2.23. The average molecular weight is 376 g/mol. The van der Waals surface area contributed by atoms with E-state index in [0.29, 0.717) is 17.0 Å². The minimum absolute atomic E-state index is 0.109. The van der Waals surface area contributed by atoms with Gasteiger partial charge in [0.2, 0.25) is 5.91 Å².